The van der Waals surface area contributed by atoms with Gasteiger partial charge in [0, 0.05) is 48.2 Å². The molecule has 1 aromatic heterocycles. The molecule has 1 atom stereocenters. The maximum Gasteiger partial charge on any atom is 0.0731 e. The van der Waals surface area contributed by atoms with E-state index in [-0.39, 0.29) is 0 Å². The van der Waals surface area contributed by atoms with E-state index in [0.29, 0.717) is 6.04 Å². The molecule has 0 saturated carbocycles. The molecule has 2 aliphatic rings. The predicted octanol–water partition coefficient (Wildman–Crippen LogP) is 6.90. The molecule has 0 N–H and O–H groups in total. The van der Waals surface area contributed by atoms with Crippen LogP contribution in [0.15, 0.2) is 48.5 Å². The minimum absolute atomic E-state index is 0.487. The highest BCUT2D eigenvalue weighted by Gasteiger charge is 2.27. The minimum Gasteiger partial charge on any atom is -0.371 e. The third kappa shape index (κ3) is 4.27. The van der Waals surface area contributed by atoms with Gasteiger partial charge in [-0.2, -0.15) is 0 Å². The smallest absolute Gasteiger partial charge is 0.0731 e. The van der Waals surface area contributed by atoms with Gasteiger partial charge in [-0.05, 0) is 80.8 Å². The van der Waals surface area contributed by atoms with Gasteiger partial charge in [-0.3, -0.25) is 9.88 Å². The van der Waals surface area contributed by atoms with Gasteiger partial charge in [0.1, 0.15) is 0 Å². The zero-order valence-corrected chi connectivity index (χ0v) is 21.4. The maximum atomic E-state index is 5.25. The van der Waals surface area contributed by atoms with Crippen molar-refractivity contribution in [3.63, 3.8) is 0 Å². The van der Waals surface area contributed by atoms with Crippen LogP contribution in [-0.4, -0.2) is 30.0 Å². The van der Waals surface area contributed by atoms with Crippen LogP contribution in [0.25, 0.3) is 11.3 Å². The van der Waals surface area contributed by atoms with Gasteiger partial charge >= 0.3 is 0 Å². The third-order valence-electron chi connectivity index (χ3n) is 8.04. The van der Waals surface area contributed by atoms with E-state index in [2.05, 4.69) is 86.1 Å². The van der Waals surface area contributed by atoms with Gasteiger partial charge in [-0.15, -0.1) is 0 Å². The molecule has 1 aliphatic carbocycles. The monoisotopic (exact) mass is 453 g/mol. The molecule has 178 valence electrons. The first-order valence-electron chi connectivity index (χ1n) is 13.2. The Morgan fingerprint density at radius 1 is 0.971 bits per heavy atom. The number of hydrogen-bond donors (Lipinski definition) is 0. The lowest BCUT2D eigenvalue weighted by Crippen LogP contribution is -2.38. The zero-order valence-electron chi connectivity index (χ0n) is 21.4. The summed E-state index contributed by atoms with van der Waals surface area (Å²) in [6, 6.07) is 18.7. The molecule has 2 aromatic carbocycles. The second-order valence-corrected chi connectivity index (χ2v) is 10.1. The van der Waals surface area contributed by atoms with Crippen molar-refractivity contribution in [2.45, 2.75) is 71.9 Å². The number of rotatable bonds is 7. The molecule has 3 heteroatoms. The van der Waals surface area contributed by atoms with E-state index >= 15 is 0 Å². The fourth-order valence-corrected chi connectivity index (χ4v) is 5.96. The van der Waals surface area contributed by atoms with Crippen molar-refractivity contribution < 1.29 is 0 Å². The van der Waals surface area contributed by atoms with E-state index in [1.807, 2.05) is 0 Å². The maximum absolute atomic E-state index is 5.25. The summed E-state index contributed by atoms with van der Waals surface area (Å²) in [6.07, 6.45) is 7.08. The second-order valence-electron chi connectivity index (χ2n) is 10.1. The molecule has 3 nitrogen and oxygen atoms in total. The summed E-state index contributed by atoms with van der Waals surface area (Å²) in [6.45, 7) is 9.99. The van der Waals surface area contributed by atoms with Crippen LogP contribution < -0.4 is 4.90 Å². The van der Waals surface area contributed by atoms with Gasteiger partial charge in [0.05, 0.1) is 5.69 Å². The molecule has 3 aromatic rings. The number of pyridine rings is 1. The lowest BCUT2D eigenvalue weighted by Gasteiger charge is -2.38. The summed E-state index contributed by atoms with van der Waals surface area (Å²) in [5.41, 5.74) is 12.4. The summed E-state index contributed by atoms with van der Waals surface area (Å²) in [7, 11) is 2.31. The summed E-state index contributed by atoms with van der Waals surface area (Å²) in [4.78, 5) is 10.4. The Bertz CT molecular complexity index is 1140. The Morgan fingerprint density at radius 2 is 1.71 bits per heavy atom. The number of benzene rings is 2. The molecule has 1 saturated heterocycles. The van der Waals surface area contributed by atoms with Gasteiger partial charge in [-0.1, -0.05) is 56.3 Å². The predicted molar refractivity (Wildman–Crippen MR) is 144 cm³/mol. The van der Waals surface area contributed by atoms with Crippen molar-refractivity contribution in [3.8, 4) is 11.3 Å². The molecule has 5 rings (SSSR count). The number of anilines is 1. The largest absolute Gasteiger partial charge is 0.371 e. The van der Waals surface area contributed by atoms with Gasteiger partial charge in [-0.25, -0.2) is 0 Å². The molecule has 0 bridgehead atoms. The van der Waals surface area contributed by atoms with Crippen molar-refractivity contribution >= 4 is 5.69 Å². The van der Waals surface area contributed by atoms with Crippen molar-refractivity contribution in [3.05, 3.63) is 82.0 Å². The fourth-order valence-electron chi connectivity index (χ4n) is 5.96. The molecule has 0 spiro atoms. The van der Waals surface area contributed by atoms with Gasteiger partial charge < -0.3 is 4.90 Å². The molecule has 1 unspecified atom stereocenters. The number of aryl methyl sites for hydroxylation is 4. The normalized spacial score (nSPS) is 17.6. The van der Waals surface area contributed by atoms with E-state index in [1.54, 1.807) is 0 Å². The quantitative estimate of drug-likeness (QED) is 0.388. The van der Waals surface area contributed by atoms with Crippen molar-refractivity contribution in [1.82, 2.24) is 9.88 Å². The third-order valence-corrected chi connectivity index (χ3v) is 8.04. The molecule has 0 amide bonds. The Kier molecular flexibility index (Phi) is 6.74. The zero-order chi connectivity index (χ0) is 23.7. The van der Waals surface area contributed by atoms with Crippen molar-refractivity contribution in [1.29, 1.82) is 0 Å². The first-order chi connectivity index (χ1) is 16.6. The van der Waals surface area contributed by atoms with Crippen LogP contribution in [0, 0.1) is 6.92 Å². The van der Waals surface area contributed by atoms with E-state index in [0.717, 1.165) is 38.2 Å². The van der Waals surface area contributed by atoms with Gasteiger partial charge in [0.15, 0.2) is 0 Å². The molecule has 1 fully saturated rings. The van der Waals surface area contributed by atoms with Crippen LogP contribution in [0.3, 0.4) is 0 Å². The van der Waals surface area contributed by atoms with Crippen molar-refractivity contribution in [2.24, 2.45) is 0 Å². The number of hydrogen-bond acceptors (Lipinski definition) is 3. The molecular formula is C31H39N3. The average Bonchev–Trinajstić information content (AvgIpc) is 2.83. The molecular weight excluding hydrogens is 414 g/mol. The highest BCUT2D eigenvalue weighted by molar-refractivity contribution is 5.73. The summed E-state index contributed by atoms with van der Waals surface area (Å²) < 4.78 is 0. The molecule has 0 radical (unpaired) electrons. The number of nitrogens with zero attached hydrogens (tertiary/aromatic N) is 3. The summed E-state index contributed by atoms with van der Waals surface area (Å²) in [5.74, 6) is 0. The highest BCUT2D eigenvalue weighted by atomic mass is 15.2. The lowest BCUT2D eigenvalue weighted by atomic mass is 9.86. The second kappa shape index (κ2) is 9.92. The Hall–Kier alpha value is -2.65. The van der Waals surface area contributed by atoms with Gasteiger partial charge in [0.2, 0.25) is 0 Å². The lowest BCUT2D eigenvalue weighted by molar-refractivity contribution is 0.212. The molecule has 2 heterocycles. The first kappa shape index (κ1) is 23.1. The Labute approximate surface area is 205 Å². The Morgan fingerprint density at radius 3 is 2.38 bits per heavy atom. The topological polar surface area (TPSA) is 19.4 Å². The van der Waals surface area contributed by atoms with Crippen LogP contribution in [0.5, 0.6) is 0 Å². The highest BCUT2D eigenvalue weighted by Crippen LogP contribution is 2.38. The van der Waals surface area contributed by atoms with Crippen LogP contribution >= 0.6 is 0 Å². The standard InChI is InChI=1S/C31H39N3/c1-5-23-13-9-14-24(6-2)31(23)28-20-30(34-18-11-19-34)27(22(3)32-28)21-33(4)29-17-10-15-25-12-7-8-16-26(25)29/h7-9,12-14,16,20,29H,5-6,10-11,15,17-19,21H2,1-4H3. The fraction of sp³-hybridized carbons (Fsp3) is 0.452. The number of fused-ring (bicyclic) bond motifs is 1. The molecule has 34 heavy (non-hydrogen) atoms. The van der Waals surface area contributed by atoms with Gasteiger partial charge in [0.25, 0.3) is 0 Å². The van der Waals surface area contributed by atoms with Crippen LogP contribution in [-0.2, 0) is 25.8 Å². The van der Waals surface area contributed by atoms with Crippen molar-refractivity contribution in [2.75, 3.05) is 25.0 Å². The van der Waals surface area contributed by atoms with E-state index < -0.39 is 0 Å². The summed E-state index contributed by atoms with van der Waals surface area (Å²) >= 11 is 0. The van der Waals surface area contributed by atoms with Crippen LogP contribution in [0.4, 0.5) is 5.69 Å². The van der Waals surface area contributed by atoms with E-state index in [1.165, 1.54) is 70.4 Å². The Balaban J connectivity index is 1.53. The first-order valence-corrected chi connectivity index (χ1v) is 13.2. The summed E-state index contributed by atoms with van der Waals surface area (Å²) in [5, 5.41) is 0. The van der Waals surface area contributed by atoms with Crippen LogP contribution in [0.1, 0.15) is 72.7 Å². The number of aromatic nitrogens is 1. The SMILES string of the molecule is CCc1cccc(CC)c1-c1cc(N2CCC2)c(CN(C)C2CCCc3ccccc32)c(C)n1. The molecule has 1 aliphatic heterocycles. The van der Waals surface area contributed by atoms with E-state index in [4.69, 9.17) is 4.98 Å². The van der Waals surface area contributed by atoms with E-state index in [9.17, 15) is 0 Å². The minimum atomic E-state index is 0.487. The average molecular weight is 454 g/mol. The van der Waals surface area contributed by atoms with Crippen LogP contribution in [0.2, 0.25) is 0 Å².